The summed E-state index contributed by atoms with van der Waals surface area (Å²) in [5.74, 6) is 0.494. The number of hydrogen-bond acceptors (Lipinski definition) is 2. The lowest BCUT2D eigenvalue weighted by molar-refractivity contribution is -0.122. The highest BCUT2D eigenvalue weighted by molar-refractivity contribution is 6.32. The van der Waals surface area contributed by atoms with Gasteiger partial charge in [-0.2, -0.15) is 0 Å². The predicted molar refractivity (Wildman–Crippen MR) is 95.4 cm³/mol. The minimum Gasteiger partial charge on any atom is -0.481 e. The Balaban J connectivity index is 2.18. The molecule has 0 radical (unpaired) electrons. The second-order valence-electron chi connectivity index (χ2n) is 5.33. The van der Waals surface area contributed by atoms with Crippen LogP contribution in [0.2, 0.25) is 5.02 Å². The third-order valence-electron chi connectivity index (χ3n) is 3.75. The number of nitrogens with one attached hydrogen (secondary N) is 1. The molecule has 122 valence electrons. The van der Waals surface area contributed by atoms with Gasteiger partial charge in [0, 0.05) is 10.7 Å². The second-order valence-corrected chi connectivity index (χ2v) is 5.74. The number of hydrogen-bond donors (Lipinski definition) is 1. The maximum atomic E-state index is 12.5. The first-order valence-electron chi connectivity index (χ1n) is 7.89. The summed E-state index contributed by atoms with van der Waals surface area (Å²) in [6, 6.07) is 13.2. The van der Waals surface area contributed by atoms with Gasteiger partial charge in [-0.15, -0.1) is 0 Å². The molecule has 0 aliphatic heterocycles. The van der Waals surface area contributed by atoms with E-state index in [9.17, 15) is 4.79 Å². The van der Waals surface area contributed by atoms with Crippen LogP contribution in [0.3, 0.4) is 0 Å². The Bertz CT molecular complexity index is 671. The zero-order chi connectivity index (χ0) is 16.8. The molecule has 2 rings (SSSR count). The van der Waals surface area contributed by atoms with Gasteiger partial charge in [0.05, 0.1) is 0 Å². The highest BCUT2D eigenvalue weighted by Gasteiger charge is 2.18. The summed E-state index contributed by atoms with van der Waals surface area (Å²) >= 11 is 6.27. The number of halogens is 1. The fourth-order valence-electron chi connectivity index (χ4n) is 2.45. The van der Waals surface area contributed by atoms with Crippen LogP contribution in [-0.2, 0) is 17.6 Å². The van der Waals surface area contributed by atoms with Crippen molar-refractivity contribution in [3.63, 3.8) is 0 Å². The van der Waals surface area contributed by atoms with Crippen LogP contribution in [0.5, 0.6) is 5.75 Å². The van der Waals surface area contributed by atoms with Gasteiger partial charge in [0.2, 0.25) is 0 Å². The third kappa shape index (κ3) is 4.26. The number of benzene rings is 2. The molecule has 1 atom stereocenters. The fraction of sp³-hybridized carbons (Fsp3) is 0.316. The Morgan fingerprint density at radius 3 is 2.43 bits per heavy atom. The molecule has 2 aromatic carbocycles. The number of aryl methyl sites for hydroxylation is 1. The molecule has 0 saturated heterocycles. The molecule has 4 heteroatoms. The number of carbonyl (C=O) groups excluding carboxylic acids is 1. The zero-order valence-corrected chi connectivity index (χ0v) is 14.5. The van der Waals surface area contributed by atoms with E-state index in [2.05, 4.69) is 12.2 Å². The number of anilines is 1. The van der Waals surface area contributed by atoms with E-state index in [4.69, 9.17) is 16.3 Å². The van der Waals surface area contributed by atoms with E-state index in [1.54, 1.807) is 6.92 Å². The van der Waals surface area contributed by atoms with Crippen LogP contribution in [-0.4, -0.2) is 12.0 Å². The fourth-order valence-corrected chi connectivity index (χ4v) is 2.74. The summed E-state index contributed by atoms with van der Waals surface area (Å²) in [5, 5.41) is 3.67. The van der Waals surface area contributed by atoms with E-state index in [1.165, 1.54) is 0 Å². The molecule has 23 heavy (non-hydrogen) atoms. The van der Waals surface area contributed by atoms with Crippen LogP contribution in [0.25, 0.3) is 0 Å². The van der Waals surface area contributed by atoms with E-state index in [0.29, 0.717) is 10.8 Å². The summed E-state index contributed by atoms with van der Waals surface area (Å²) in [4.78, 5) is 12.5. The van der Waals surface area contributed by atoms with E-state index >= 15 is 0 Å². The first-order chi connectivity index (χ1) is 11.1. The van der Waals surface area contributed by atoms with E-state index in [0.717, 1.165) is 29.7 Å². The van der Waals surface area contributed by atoms with Crippen molar-refractivity contribution in [3.05, 3.63) is 58.6 Å². The van der Waals surface area contributed by atoms with Gasteiger partial charge in [-0.1, -0.05) is 49.7 Å². The largest absolute Gasteiger partial charge is 0.481 e. The van der Waals surface area contributed by atoms with Crippen molar-refractivity contribution in [1.82, 2.24) is 0 Å². The molecule has 0 spiro atoms. The van der Waals surface area contributed by atoms with Crippen molar-refractivity contribution < 1.29 is 9.53 Å². The van der Waals surface area contributed by atoms with Gasteiger partial charge in [-0.25, -0.2) is 0 Å². The van der Waals surface area contributed by atoms with Crippen molar-refractivity contribution in [1.29, 1.82) is 0 Å². The standard InChI is InChI=1S/C19H22ClNO2/c1-4-14-11-12-17(20)16(5-2)18(14)21-19(22)13(3)23-15-9-7-6-8-10-15/h6-13H,4-5H2,1-3H3,(H,21,22)/t13-/m0/s1. The molecule has 0 aromatic heterocycles. The molecule has 0 aliphatic carbocycles. The van der Waals surface area contributed by atoms with E-state index < -0.39 is 6.10 Å². The Morgan fingerprint density at radius 1 is 1.13 bits per heavy atom. The highest BCUT2D eigenvalue weighted by atomic mass is 35.5. The summed E-state index contributed by atoms with van der Waals surface area (Å²) in [7, 11) is 0. The van der Waals surface area contributed by atoms with Crippen molar-refractivity contribution >= 4 is 23.2 Å². The van der Waals surface area contributed by atoms with Gasteiger partial charge in [0.15, 0.2) is 6.10 Å². The summed E-state index contributed by atoms with van der Waals surface area (Å²) in [6.07, 6.45) is 0.995. The normalized spacial score (nSPS) is 11.8. The average molecular weight is 332 g/mol. The summed E-state index contributed by atoms with van der Waals surface area (Å²) < 4.78 is 5.68. The quantitative estimate of drug-likeness (QED) is 0.820. The van der Waals surface area contributed by atoms with Gasteiger partial charge in [0.25, 0.3) is 5.91 Å². The van der Waals surface area contributed by atoms with Gasteiger partial charge >= 0.3 is 0 Å². The molecular formula is C19H22ClNO2. The van der Waals surface area contributed by atoms with Crippen molar-refractivity contribution in [3.8, 4) is 5.75 Å². The van der Waals surface area contributed by atoms with E-state index in [1.807, 2.05) is 49.4 Å². The second kappa shape index (κ2) is 8.02. The van der Waals surface area contributed by atoms with E-state index in [-0.39, 0.29) is 5.91 Å². The molecular weight excluding hydrogens is 310 g/mol. The molecule has 3 nitrogen and oxygen atoms in total. The van der Waals surface area contributed by atoms with Crippen LogP contribution in [0, 0.1) is 0 Å². The number of ether oxygens (including phenoxy) is 1. The first-order valence-corrected chi connectivity index (χ1v) is 8.27. The van der Waals surface area contributed by atoms with Crippen molar-refractivity contribution in [2.75, 3.05) is 5.32 Å². The molecule has 0 unspecified atom stereocenters. The smallest absolute Gasteiger partial charge is 0.265 e. The summed E-state index contributed by atoms with van der Waals surface area (Å²) in [6.45, 7) is 5.83. The molecule has 0 aliphatic rings. The molecule has 2 aromatic rings. The average Bonchev–Trinajstić information content (AvgIpc) is 2.56. The molecule has 0 fully saturated rings. The monoisotopic (exact) mass is 331 g/mol. The number of rotatable bonds is 6. The Morgan fingerprint density at radius 2 is 1.83 bits per heavy atom. The zero-order valence-electron chi connectivity index (χ0n) is 13.7. The number of amides is 1. The van der Waals surface area contributed by atoms with Gasteiger partial charge in [-0.3, -0.25) is 4.79 Å². The topological polar surface area (TPSA) is 38.3 Å². The molecule has 1 N–H and O–H groups in total. The molecule has 0 saturated carbocycles. The van der Waals surface area contributed by atoms with Gasteiger partial charge in [-0.05, 0) is 49.1 Å². The lowest BCUT2D eigenvalue weighted by atomic mass is 10.0. The number of para-hydroxylation sites is 1. The minimum atomic E-state index is -0.592. The van der Waals surface area contributed by atoms with Crippen molar-refractivity contribution in [2.45, 2.75) is 39.7 Å². The lowest BCUT2D eigenvalue weighted by Crippen LogP contribution is -2.31. The minimum absolute atomic E-state index is 0.180. The van der Waals surface area contributed by atoms with Crippen LogP contribution >= 0.6 is 11.6 Å². The maximum Gasteiger partial charge on any atom is 0.265 e. The third-order valence-corrected chi connectivity index (χ3v) is 4.10. The Hall–Kier alpha value is -2.00. The number of carbonyl (C=O) groups is 1. The Labute approximate surface area is 142 Å². The molecule has 1 amide bonds. The van der Waals surface area contributed by atoms with Crippen LogP contribution < -0.4 is 10.1 Å². The summed E-state index contributed by atoms with van der Waals surface area (Å²) in [5.41, 5.74) is 2.86. The molecule has 0 heterocycles. The predicted octanol–water partition coefficient (Wildman–Crippen LogP) is 4.87. The Kier molecular flexibility index (Phi) is 6.05. The molecule has 0 bridgehead atoms. The van der Waals surface area contributed by atoms with Crippen LogP contribution in [0.1, 0.15) is 31.9 Å². The van der Waals surface area contributed by atoms with Crippen LogP contribution in [0.15, 0.2) is 42.5 Å². The first kappa shape index (κ1) is 17.4. The van der Waals surface area contributed by atoms with Gasteiger partial charge in [0.1, 0.15) is 5.75 Å². The van der Waals surface area contributed by atoms with Crippen LogP contribution in [0.4, 0.5) is 5.69 Å². The van der Waals surface area contributed by atoms with Crippen molar-refractivity contribution in [2.24, 2.45) is 0 Å². The highest BCUT2D eigenvalue weighted by Crippen LogP contribution is 2.29. The SMILES string of the molecule is CCc1ccc(Cl)c(CC)c1NC(=O)[C@H](C)Oc1ccccc1. The van der Waals surface area contributed by atoms with Gasteiger partial charge < -0.3 is 10.1 Å². The maximum absolute atomic E-state index is 12.5. The lowest BCUT2D eigenvalue weighted by Gasteiger charge is -2.19.